The van der Waals surface area contributed by atoms with Crippen molar-refractivity contribution in [1.82, 2.24) is 5.32 Å². The average molecular weight is 373 g/mol. The molecule has 0 aliphatic rings. The molecule has 0 fully saturated rings. The lowest BCUT2D eigenvalue weighted by atomic mass is 10.1. The number of amides is 1. The number of ether oxygens (including phenoxy) is 4. The number of esters is 1. The predicted molar refractivity (Wildman–Crippen MR) is 99.5 cm³/mol. The summed E-state index contributed by atoms with van der Waals surface area (Å²) >= 11 is 0. The molecular formula is C20H23NO6. The zero-order valence-electron chi connectivity index (χ0n) is 15.8. The van der Waals surface area contributed by atoms with Crippen molar-refractivity contribution in [3.63, 3.8) is 0 Å². The van der Waals surface area contributed by atoms with Crippen LogP contribution in [0.15, 0.2) is 42.5 Å². The second-order valence-corrected chi connectivity index (χ2v) is 5.65. The third-order valence-corrected chi connectivity index (χ3v) is 4.00. The van der Waals surface area contributed by atoms with Gasteiger partial charge in [0.15, 0.2) is 11.5 Å². The van der Waals surface area contributed by atoms with E-state index in [-0.39, 0.29) is 5.56 Å². The second-order valence-electron chi connectivity index (χ2n) is 5.65. The molecule has 0 spiro atoms. The van der Waals surface area contributed by atoms with Crippen LogP contribution >= 0.6 is 0 Å². The Morgan fingerprint density at radius 2 is 1.52 bits per heavy atom. The molecule has 0 aromatic heterocycles. The molecule has 27 heavy (non-hydrogen) atoms. The number of carbonyl (C=O) groups excluding carboxylic acids is 2. The SMILES string of the molecule is COC(=O)C(Cc1ccccc1)NC(=O)c1cc(OC)c(OC)c(OC)c1. The number of carbonyl (C=O) groups is 2. The van der Waals surface area contributed by atoms with E-state index in [0.29, 0.717) is 23.7 Å². The van der Waals surface area contributed by atoms with Crippen molar-refractivity contribution in [1.29, 1.82) is 0 Å². The Morgan fingerprint density at radius 3 is 2.00 bits per heavy atom. The fraction of sp³-hybridized carbons (Fsp3) is 0.300. The Balaban J connectivity index is 2.27. The summed E-state index contributed by atoms with van der Waals surface area (Å²) in [7, 11) is 5.69. The lowest BCUT2D eigenvalue weighted by Crippen LogP contribution is -2.43. The third kappa shape index (κ3) is 4.91. The zero-order valence-corrected chi connectivity index (χ0v) is 15.8. The van der Waals surface area contributed by atoms with Gasteiger partial charge in [-0.25, -0.2) is 4.79 Å². The number of hydrogen-bond acceptors (Lipinski definition) is 6. The molecule has 1 N–H and O–H groups in total. The van der Waals surface area contributed by atoms with Crippen LogP contribution in [0.25, 0.3) is 0 Å². The maximum absolute atomic E-state index is 12.7. The summed E-state index contributed by atoms with van der Waals surface area (Å²) in [5.74, 6) is 0.0879. The lowest BCUT2D eigenvalue weighted by Gasteiger charge is -2.18. The first kappa shape index (κ1) is 20.1. The van der Waals surface area contributed by atoms with Gasteiger partial charge in [0, 0.05) is 12.0 Å². The van der Waals surface area contributed by atoms with E-state index < -0.39 is 17.9 Å². The van der Waals surface area contributed by atoms with E-state index >= 15 is 0 Å². The van der Waals surface area contributed by atoms with Crippen LogP contribution in [0.3, 0.4) is 0 Å². The molecule has 0 heterocycles. The van der Waals surface area contributed by atoms with Gasteiger partial charge < -0.3 is 24.3 Å². The first-order valence-electron chi connectivity index (χ1n) is 8.26. The Hall–Kier alpha value is -3.22. The highest BCUT2D eigenvalue weighted by atomic mass is 16.5. The van der Waals surface area contributed by atoms with Crippen LogP contribution in [-0.4, -0.2) is 46.4 Å². The standard InChI is InChI=1S/C20H23NO6/c1-24-16-11-14(12-17(25-2)18(16)26-3)19(22)21-15(20(23)27-4)10-13-8-6-5-7-9-13/h5-9,11-12,15H,10H2,1-4H3,(H,21,22). The highest BCUT2D eigenvalue weighted by Gasteiger charge is 2.24. The fourth-order valence-corrected chi connectivity index (χ4v) is 2.64. The number of benzene rings is 2. The zero-order chi connectivity index (χ0) is 19.8. The van der Waals surface area contributed by atoms with Gasteiger partial charge in [0.05, 0.1) is 28.4 Å². The maximum Gasteiger partial charge on any atom is 0.328 e. The van der Waals surface area contributed by atoms with Crippen molar-refractivity contribution >= 4 is 11.9 Å². The fourth-order valence-electron chi connectivity index (χ4n) is 2.64. The van der Waals surface area contributed by atoms with Gasteiger partial charge in [-0.2, -0.15) is 0 Å². The number of hydrogen-bond donors (Lipinski definition) is 1. The number of rotatable bonds is 8. The quantitative estimate of drug-likeness (QED) is 0.715. The largest absolute Gasteiger partial charge is 0.493 e. The minimum atomic E-state index is -0.830. The minimum Gasteiger partial charge on any atom is -0.493 e. The Bertz CT molecular complexity index is 765. The van der Waals surface area contributed by atoms with E-state index in [4.69, 9.17) is 18.9 Å². The van der Waals surface area contributed by atoms with Crippen molar-refractivity contribution in [2.45, 2.75) is 12.5 Å². The molecule has 7 nitrogen and oxygen atoms in total. The van der Waals surface area contributed by atoms with Crippen molar-refractivity contribution in [3.8, 4) is 17.2 Å². The Morgan fingerprint density at radius 1 is 0.926 bits per heavy atom. The van der Waals surface area contributed by atoms with Crippen LogP contribution in [0.2, 0.25) is 0 Å². The van der Waals surface area contributed by atoms with Crippen LogP contribution in [0.5, 0.6) is 17.2 Å². The van der Waals surface area contributed by atoms with Crippen LogP contribution in [-0.2, 0) is 16.0 Å². The summed E-state index contributed by atoms with van der Waals surface area (Å²) in [6.07, 6.45) is 0.309. The van der Waals surface area contributed by atoms with Gasteiger partial charge in [-0.1, -0.05) is 30.3 Å². The molecule has 1 unspecified atom stereocenters. The van der Waals surface area contributed by atoms with Gasteiger partial charge in [-0.15, -0.1) is 0 Å². The lowest BCUT2D eigenvalue weighted by molar-refractivity contribution is -0.142. The van der Waals surface area contributed by atoms with Gasteiger partial charge in [-0.3, -0.25) is 4.79 Å². The summed E-state index contributed by atoms with van der Waals surface area (Å²) in [4.78, 5) is 24.9. The normalized spacial score (nSPS) is 11.3. The van der Waals surface area contributed by atoms with E-state index in [1.165, 1.54) is 40.6 Å². The van der Waals surface area contributed by atoms with E-state index in [1.807, 2.05) is 30.3 Å². The van der Waals surface area contributed by atoms with Gasteiger partial charge in [0.1, 0.15) is 6.04 Å². The average Bonchev–Trinajstić information content (AvgIpc) is 2.71. The summed E-state index contributed by atoms with van der Waals surface area (Å²) in [6.45, 7) is 0. The van der Waals surface area contributed by atoms with Crippen molar-refractivity contribution in [2.24, 2.45) is 0 Å². The molecule has 0 aliphatic carbocycles. The molecule has 0 bridgehead atoms. The first-order chi connectivity index (χ1) is 13.0. The van der Waals surface area contributed by atoms with Crippen molar-refractivity contribution < 1.29 is 28.5 Å². The topological polar surface area (TPSA) is 83.1 Å². The van der Waals surface area contributed by atoms with E-state index in [2.05, 4.69) is 5.32 Å². The van der Waals surface area contributed by atoms with Crippen LogP contribution in [0.1, 0.15) is 15.9 Å². The summed E-state index contributed by atoms with van der Waals surface area (Å²) < 4.78 is 20.6. The molecule has 0 saturated carbocycles. The highest BCUT2D eigenvalue weighted by Crippen LogP contribution is 2.38. The van der Waals surface area contributed by atoms with Crippen molar-refractivity contribution in [3.05, 3.63) is 53.6 Å². The molecule has 0 aliphatic heterocycles. The third-order valence-electron chi connectivity index (χ3n) is 4.00. The molecule has 144 valence electrons. The number of nitrogens with one attached hydrogen (secondary N) is 1. The maximum atomic E-state index is 12.7. The van der Waals surface area contributed by atoms with E-state index in [1.54, 1.807) is 0 Å². The predicted octanol–water partition coefficient (Wildman–Crippen LogP) is 2.23. The minimum absolute atomic E-state index is 0.270. The summed E-state index contributed by atoms with van der Waals surface area (Å²) in [5, 5.41) is 2.71. The number of methoxy groups -OCH3 is 4. The van der Waals surface area contributed by atoms with Gasteiger partial charge in [0.25, 0.3) is 5.91 Å². The molecular weight excluding hydrogens is 350 g/mol. The van der Waals surface area contributed by atoms with Crippen LogP contribution in [0, 0.1) is 0 Å². The van der Waals surface area contributed by atoms with E-state index in [9.17, 15) is 9.59 Å². The van der Waals surface area contributed by atoms with Crippen LogP contribution in [0.4, 0.5) is 0 Å². The molecule has 2 rings (SSSR count). The summed E-state index contributed by atoms with van der Waals surface area (Å²) in [5.41, 5.74) is 1.17. The second kappa shape index (κ2) is 9.47. The van der Waals surface area contributed by atoms with E-state index in [0.717, 1.165) is 5.56 Å². The van der Waals surface area contributed by atoms with Gasteiger partial charge in [-0.05, 0) is 17.7 Å². The van der Waals surface area contributed by atoms with Gasteiger partial charge in [0.2, 0.25) is 5.75 Å². The molecule has 0 saturated heterocycles. The highest BCUT2D eigenvalue weighted by molar-refractivity contribution is 5.98. The Labute approximate surface area is 158 Å². The molecule has 1 atom stereocenters. The smallest absolute Gasteiger partial charge is 0.328 e. The molecule has 2 aromatic rings. The monoisotopic (exact) mass is 373 g/mol. The van der Waals surface area contributed by atoms with Crippen LogP contribution < -0.4 is 19.5 Å². The first-order valence-corrected chi connectivity index (χ1v) is 8.26. The Kier molecular flexibility index (Phi) is 7.05. The summed E-state index contributed by atoms with van der Waals surface area (Å²) in [6, 6.07) is 11.6. The molecule has 7 heteroatoms. The molecule has 0 radical (unpaired) electrons. The van der Waals surface area contributed by atoms with Crippen molar-refractivity contribution in [2.75, 3.05) is 28.4 Å². The molecule has 1 amide bonds. The van der Waals surface area contributed by atoms with Gasteiger partial charge >= 0.3 is 5.97 Å². The molecule has 2 aromatic carbocycles.